The van der Waals surface area contributed by atoms with E-state index in [1.807, 2.05) is 12.1 Å². The van der Waals surface area contributed by atoms with Gasteiger partial charge < -0.3 is 10.5 Å². The minimum Gasteiger partial charge on any atom is -0.491 e. The first-order valence-corrected chi connectivity index (χ1v) is 5.56. The topological polar surface area (TPSA) is 38.5 Å². The number of fused-ring (bicyclic) bond motifs is 1. The van der Waals surface area contributed by atoms with Crippen LogP contribution in [-0.4, -0.2) is 30.6 Å². The van der Waals surface area contributed by atoms with Crippen molar-refractivity contribution in [2.24, 2.45) is 5.73 Å². The lowest BCUT2D eigenvalue weighted by Crippen LogP contribution is -2.30. The molecular formula is C12H16N2O. The number of benzene rings is 1. The molecule has 0 spiro atoms. The van der Waals surface area contributed by atoms with Crippen LogP contribution in [0.3, 0.4) is 0 Å². The smallest absolute Gasteiger partial charge is 0.124 e. The normalized spacial score (nSPS) is 30.2. The summed E-state index contributed by atoms with van der Waals surface area (Å²) in [7, 11) is 0. The molecule has 3 nitrogen and oxygen atoms in total. The predicted octanol–water partition coefficient (Wildman–Crippen LogP) is 1.15. The minimum atomic E-state index is 0.345. The van der Waals surface area contributed by atoms with Crippen LogP contribution in [0.4, 0.5) is 0 Å². The zero-order valence-corrected chi connectivity index (χ0v) is 8.73. The zero-order chi connectivity index (χ0) is 10.3. The Kier molecular flexibility index (Phi) is 2.15. The van der Waals surface area contributed by atoms with Gasteiger partial charge in [-0.25, -0.2) is 0 Å². The molecule has 3 heteroatoms. The average molecular weight is 204 g/mol. The van der Waals surface area contributed by atoms with E-state index in [-0.39, 0.29) is 0 Å². The summed E-state index contributed by atoms with van der Waals surface area (Å²) in [5.41, 5.74) is 7.26. The number of hydrogen-bond donors (Lipinski definition) is 1. The second kappa shape index (κ2) is 3.51. The molecular weight excluding hydrogens is 188 g/mol. The molecule has 80 valence electrons. The molecule has 1 aromatic carbocycles. The van der Waals surface area contributed by atoms with Crippen molar-refractivity contribution in [2.45, 2.75) is 18.5 Å². The summed E-state index contributed by atoms with van der Waals surface area (Å²) in [6.45, 7) is 2.89. The highest BCUT2D eigenvalue weighted by molar-refractivity contribution is 5.39. The lowest BCUT2D eigenvalue weighted by molar-refractivity contribution is 0.193. The van der Waals surface area contributed by atoms with E-state index in [2.05, 4.69) is 17.0 Å². The van der Waals surface area contributed by atoms with E-state index in [0.717, 1.165) is 31.9 Å². The molecule has 0 bridgehead atoms. The molecule has 15 heavy (non-hydrogen) atoms. The summed E-state index contributed by atoms with van der Waals surface area (Å²) in [4.78, 5) is 2.44. The molecule has 1 saturated heterocycles. The van der Waals surface area contributed by atoms with E-state index >= 15 is 0 Å². The minimum absolute atomic E-state index is 0.345. The molecule has 2 aliphatic heterocycles. The maximum atomic E-state index is 5.93. The van der Waals surface area contributed by atoms with Gasteiger partial charge in [-0.15, -0.1) is 0 Å². The Labute approximate surface area is 89.8 Å². The maximum absolute atomic E-state index is 5.93. The Hall–Kier alpha value is -1.06. The Morgan fingerprint density at radius 3 is 3.00 bits per heavy atom. The molecule has 0 aromatic heterocycles. The van der Waals surface area contributed by atoms with Crippen molar-refractivity contribution >= 4 is 0 Å². The van der Waals surface area contributed by atoms with Crippen LogP contribution in [0.1, 0.15) is 18.0 Å². The Balaban J connectivity index is 1.85. The molecule has 0 amide bonds. The quantitative estimate of drug-likeness (QED) is 0.746. The number of rotatable bonds is 1. The highest BCUT2D eigenvalue weighted by Crippen LogP contribution is 2.36. The van der Waals surface area contributed by atoms with Gasteiger partial charge in [-0.1, -0.05) is 18.2 Å². The fraction of sp³-hybridized carbons (Fsp3) is 0.500. The summed E-state index contributed by atoms with van der Waals surface area (Å²) in [5, 5.41) is 0. The van der Waals surface area contributed by atoms with Gasteiger partial charge >= 0.3 is 0 Å². The molecule has 2 heterocycles. The number of para-hydroxylation sites is 1. The van der Waals surface area contributed by atoms with Crippen molar-refractivity contribution < 1.29 is 4.74 Å². The van der Waals surface area contributed by atoms with E-state index in [4.69, 9.17) is 10.5 Å². The molecule has 2 unspecified atom stereocenters. The zero-order valence-electron chi connectivity index (χ0n) is 8.73. The highest BCUT2D eigenvalue weighted by Gasteiger charge is 2.32. The molecule has 0 aliphatic carbocycles. The van der Waals surface area contributed by atoms with Gasteiger partial charge in [0.2, 0.25) is 0 Å². The summed E-state index contributed by atoms with van der Waals surface area (Å²) in [6.07, 6.45) is 1.11. The summed E-state index contributed by atoms with van der Waals surface area (Å²) in [6, 6.07) is 9.09. The van der Waals surface area contributed by atoms with E-state index in [9.17, 15) is 0 Å². The highest BCUT2D eigenvalue weighted by atomic mass is 16.5. The second-order valence-electron chi connectivity index (χ2n) is 4.41. The third kappa shape index (κ3) is 1.52. The van der Waals surface area contributed by atoms with Crippen molar-refractivity contribution in [3.63, 3.8) is 0 Å². The molecule has 3 rings (SSSR count). The molecule has 0 radical (unpaired) electrons. The molecule has 2 aliphatic rings. The van der Waals surface area contributed by atoms with Gasteiger partial charge in [0.25, 0.3) is 0 Å². The van der Waals surface area contributed by atoms with E-state index in [1.54, 1.807) is 0 Å². The average Bonchev–Trinajstić information content (AvgIpc) is 2.83. The first-order valence-electron chi connectivity index (χ1n) is 5.56. The van der Waals surface area contributed by atoms with Crippen LogP contribution in [-0.2, 0) is 0 Å². The first kappa shape index (κ1) is 9.19. The monoisotopic (exact) mass is 204 g/mol. The number of nitrogens with zero attached hydrogens (tertiary/aromatic N) is 1. The van der Waals surface area contributed by atoms with Crippen molar-refractivity contribution in [1.29, 1.82) is 0 Å². The van der Waals surface area contributed by atoms with E-state index in [1.165, 1.54) is 5.56 Å². The Bertz CT molecular complexity index is 366. The Morgan fingerprint density at radius 2 is 2.20 bits per heavy atom. The fourth-order valence-electron chi connectivity index (χ4n) is 2.55. The first-order chi connectivity index (χ1) is 7.34. The number of likely N-dealkylation sites (tertiary alicyclic amines) is 1. The van der Waals surface area contributed by atoms with Gasteiger partial charge in [0.15, 0.2) is 0 Å². The van der Waals surface area contributed by atoms with Crippen LogP contribution >= 0.6 is 0 Å². The fourth-order valence-corrected chi connectivity index (χ4v) is 2.55. The van der Waals surface area contributed by atoms with Crippen molar-refractivity contribution in [1.82, 2.24) is 4.90 Å². The summed E-state index contributed by atoms with van der Waals surface area (Å²) < 4.78 is 5.68. The summed E-state index contributed by atoms with van der Waals surface area (Å²) in [5.74, 6) is 1.04. The van der Waals surface area contributed by atoms with Gasteiger partial charge in [0.05, 0.1) is 6.04 Å². The number of nitrogens with two attached hydrogens (primary N) is 1. The van der Waals surface area contributed by atoms with E-state index < -0.39 is 0 Å². The van der Waals surface area contributed by atoms with Gasteiger partial charge in [0.1, 0.15) is 12.4 Å². The van der Waals surface area contributed by atoms with Crippen LogP contribution in [0.15, 0.2) is 24.3 Å². The number of ether oxygens (including phenoxy) is 1. The van der Waals surface area contributed by atoms with Crippen LogP contribution in [0.5, 0.6) is 5.75 Å². The van der Waals surface area contributed by atoms with Gasteiger partial charge in [0, 0.05) is 24.7 Å². The SMILES string of the molecule is NC1CCN(C2COc3ccccc32)C1. The van der Waals surface area contributed by atoms with Crippen LogP contribution in [0.25, 0.3) is 0 Å². The van der Waals surface area contributed by atoms with Crippen molar-refractivity contribution in [3.8, 4) is 5.75 Å². The van der Waals surface area contributed by atoms with Crippen molar-refractivity contribution in [3.05, 3.63) is 29.8 Å². The molecule has 2 atom stereocenters. The standard InChI is InChI=1S/C12H16N2O/c13-9-5-6-14(7-9)11-8-15-12-4-2-1-3-10(11)12/h1-4,9,11H,5-8,13H2. The number of hydrogen-bond acceptors (Lipinski definition) is 3. The second-order valence-corrected chi connectivity index (χ2v) is 4.41. The third-order valence-electron chi connectivity index (χ3n) is 3.37. The lowest BCUT2D eigenvalue weighted by atomic mass is 10.1. The van der Waals surface area contributed by atoms with E-state index in [0.29, 0.717) is 12.1 Å². The molecule has 2 N–H and O–H groups in total. The van der Waals surface area contributed by atoms with Gasteiger partial charge in [-0.2, -0.15) is 0 Å². The molecule has 1 aromatic rings. The maximum Gasteiger partial charge on any atom is 0.124 e. The van der Waals surface area contributed by atoms with Crippen LogP contribution < -0.4 is 10.5 Å². The lowest BCUT2D eigenvalue weighted by Gasteiger charge is -2.22. The summed E-state index contributed by atoms with van der Waals surface area (Å²) >= 11 is 0. The van der Waals surface area contributed by atoms with Crippen LogP contribution in [0, 0.1) is 0 Å². The molecule has 0 saturated carbocycles. The predicted molar refractivity (Wildman–Crippen MR) is 58.8 cm³/mol. The Morgan fingerprint density at radius 1 is 1.33 bits per heavy atom. The van der Waals surface area contributed by atoms with Gasteiger partial charge in [-0.3, -0.25) is 4.90 Å². The van der Waals surface area contributed by atoms with Crippen LogP contribution in [0.2, 0.25) is 0 Å². The largest absolute Gasteiger partial charge is 0.491 e. The third-order valence-corrected chi connectivity index (χ3v) is 3.37. The van der Waals surface area contributed by atoms with Gasteiger partial charge in [-0.05, 0) is 12.5 Å². The molecule has 1 fully saturated rings. The van der Waals surface area contributed by atoms with Crippen molar-refractivity contribution in [2.75, 3.05) is 19.7 Å².